The fraction of sp³-hybridized carbons (Fsp3) is 1.00. The molecule has 0 aromatic rings. The van der Waals surface area contributed by atoms with Crippen molar-refractivity contribution < 1.29 is 44.8 Å². The summed E-state index contributed by atoms with van der Waals surface area (Å²) < 4.78 is 16.0. The number of ether oxygens (including phenoxy) is 3. The van der Waals surface area contributed by atoms with Gasteiger partial charge in [0.15, 0.2) is 6.29 Å². The zero-order valence-electron chi connectivity index (χ0n) is 13.0. The Morgan fingerprint density at radius 2 is 1.54 bits per heavy atom. The van der Waals surface area contributed by atoms with E-state index < -0.39 is 74.4 Å². The number of aliphatic hydroxyl groups is 6. The first-order valence-electron chi connectivity index (χ1n) is 7.58. The van der Waals surface area contributed by atoms with Crippen molar-refractivity contribution in [3.8, 4) is 0 Å². The molecule has 2 aliphatic rings. The third kappa shape index (κ3) is 3.59. The lowest BCUT2D eigenvalue weighted by atomic mass is 9.93. The summed E-state index contributed by atoms with van der Waals surface area (Å²) in [5.41, 5.74) is 0. The number of aliphatic hydroxyl groups excluding tert-OH is 6. The highest BCUT2D eigenvalue weighted by molar-refractivity contribution is 4.98. The minimum atomic E-state index is -1.69. The van der Waals surface area contributed by atoms with Crippen LogP contribution in [0.25, 0.3) is 0 Å². The highest BCUT2D eigenvalue weighted by Gasteiger charge is 2.50. The van der Waals surface area contributed by atoms with Crippen LogP contribution in [0.15, 0.2) is 5.18 Å². The van der Waals surface area contributed by atoms with E-state index >= 15 is 0 Å². The molecule has 2 saturated heterocycles. The molecule has 0 aromatic carbocycles. The minimum Gasteiger partial charge on any atom is -0.394 e. The van der Waals surface area contributed by atoms with Gasteiger partial charge in [0.2, 0.25) is 0 Å². The normalized spacial score (nSPS) is 49.8. The third-order valence-electron chi connectivity index (χ3n) is 4.36. The molecule has 11 heteroatoms. The first kappa shape index (κ1) is 19.6. The van der Waals surface area contributed by atoms with Crippen molar-refractivity contribution in [3.63, 3.8) is 0 Å². The molecule has 0 bridgehead atoms. The fourth-order valence-electron chi connectivity index (χ4n) is 2.90. The molecule has 0 aromatic heterocycles. The van der Waals surface area contributed by atoms with E-state index in [4.69, 9.17) is 19.3 Å². The molecule has 2 rings (SSSR count). The van der Waals surface area contributed by atoms with Crippen LogP contribution in [0.2, 0.25) is 0 Å². The van der Waals surface area contributed by atoms with Gasteiger partial charge in [0, 0.05) is 0 Å². The highest BCUT2D eigenvalue weighted by atomic mass is 16.7. The molecule has 24 heavy (non-hydrogen) atoms. The van der Waals surface area contributed by atoms with Gasteiger partial charge in [-0.1, -0.05) is 5.18 Å². The van der Waals surface area contributed by atoms with Gasteiger partial charge in [-0.3, -0.25) is 0 Å². The van der Waals surface area contributed by atoms with E-state index in [-0.39, 0.29) is 0 Å². The Morgan fingerprint density at radius 3 is 2.08 bits per heavy atom. The van der Waals surface area contributed by atoms with E-state index in [1.807, 2.05) is 0 Å². The summed E-state index contributed by atoms with van der Waals surface area (Å²) in [5.74, 6) is 0. The Balaban J connectivity index is 2.17. The first-order valence-corrected chi connectivity index (χ1v) is 7.58. The number of hydrogen-bond acceptors (Lipinski definition) is 11. The van der Waals surface area contributed by atoms with Gasteiger partial charge in [0.05, 0.1) is 19.3 Å². The van der Waals surface area contributed by atoms with Crippen LogP contribution in [0.3, 0.4) is 0 Å². The van der Waals surface area contributed by atoms with Gasteiger partial charge in [-0.25, -0.2) is 0 Å². The second-order valence-electron chi connectivity index (χ2n) is 5.95. The van der Waals surface area contributed by atoms with Crippen LogP contribution in [0, 0.1) is 4.91 Å². The van der Waals surface area contributed by atoms with Crippen molar-refractivity contribution >= 4 is 0 Å². The van der Waals surface area contributed by atoms with E-state index in [1.54, 1.807) is 0 Å². The third-order valence-corrected chi connectivity index (χ3v) is 4.36. The highest BCUT2D eigenvalue weighted by Crippen LogP contribution is 2.30. The van der Waals surface area contributed by atoms with Crippen molar-refractivity contribution in [1.29, 1.82) is 0 Å². The Morgan fingerprint density at radius 1 is 0.917 bits per heavy atom. The number of nitrogens with zero attached hydrogens (tertiary/aromatic N) is 1. The quantitative estimate of drug-likeness (QED) is 0.271. The molecule has 0 amide bonds. The van der Waals surface area contributed by atoms with Gasteiger partial charge in [-0.15, -0.1) is 0 Å². The SMILES string of the molecule is CC1OC(CO)C(OC2OC(CO)C(O)C(O)C2O)C(N=O)C1O. The predicted molar refractivity (Wildman–Crippen MR) is 75.7 cm³/mol. The van der Waals surface area contributed by atoms with Crippen molar-refractivity contribution in [2.24, 2.45) is 5.18 Å². The Hall–Kier alpha value is -0.760. The van der Waals surface area contributed by atoms with E-state index in [2.05, 4.69) is 5.18 Å². The van der Waals surface area contributed by atoms with E-state index in [9.17, 15) is 30.4 Å². The van der Waals surface area contributed by atoms with Crippen molar-refractivity contribution in [1.82, 2.24) is 0 Å². The zero-order valence-corrected chi connectivity index (χ0v) is 13.0. The fourth-order valence-corrected chi connectivity index (χ4v) is 2.90. The van der Waals surface area contributed by atoms with Gasteiger partial charge >= 0.3 is 0 Å². The maximum absolute atomic E-state index is 11.1. The molecule has 0 saturated carbocycles. The van der Waals surface area contributed by atoms with Crippen molar-refractivity contribution in [2.45, 2.75) is 68.1 Å². The molecule has 140 valence electrons. The average Bonchev–Trinajstić information content (AvgIpc) is 2.58. The summed E-state index contributed by atoms with van der Waals surface area (Å²) in [7, 11) is 0. The molecule has 2 fully saturated rings. The number of rotatable bonds is 5. The second-order valence-corrected chi connectivity index (χ2v) is 5.95. The zero-order chi connectivity index (χ0) is 18.0. The lowest BCUT2D eigenvalue weighted by molar-refractivity contribution is -0.330. The molecular weight excluding hydrogens is 330 g/mol. The van der Waals surface area contributed by atoms with E-state index in [0.717, 1.165) is 0 Å². The molecule has 2 heterocycles. The van der Waals surface area contributed by atoms with Crippen LogP contribution in [0.1, 0.15) is 6.92 Å². The molecule has 10 unspecified atom stereocenters. The minimum absolute atomic E-state index is 0.550. The van der Waals surface area contributed by atoms with Crippen LogP contribution < -0.4 is 0 Å². The summed E-state index contributed by atoms with van der Waals surface area (Å²) >= 11 is 0. The van der Waals surface area contributed by atoms with Gasteiger partial charge in [0.25, 0.3) is 0 Å². The Kier molecular flexibility index (Phi) is 6.59. The van der Waals surface area contributed by atoms with Crippen LogP contribution in [-0.4, -0.2) is 105 Å². The van der Waals surface area contributed by atoms with E-state index in [1.165, 1.54) is 6.92 Å². The van der Waals surface area contributed by atoms with Gasteiger partial charge in [0.1, 0.15) is 48.8 Å². The van der Waals surface area contributed by atoms with Gasteiger partial charge in [-0.2, -0.15) is 4.91 Å². The summed E-state index contributed by atoms with van der Waals surface area (Å²) in [5, 5.41) is 60.8. The van der Waals surface area contributed by atoms with Gasteiger partial charge in [-0.05, 0) is 6.92 Å². The summed E-state index contributed by atoms with van der Waals surface area (Å²) in [6.45, 7) is 0.297. The van der Waals surface area contributed by atoms with Crippen molar-refractivity contribution in [2.75, 3.05) is 13.2 Å². The summed E-state index contributed by atoms with van der Waals surface area (Å²) in [4.78, 5) is 11.1. The number of hydrogen-bond donors (Lipinski definition) is 6. The van der Waals surface area contributed by atoms with Crippen LogP contribution in [0.4, 0.5) is 0 Å². The molecule has 2 aliphatic heterocycles. The second kappa shape index (κ2) is 8.08. The predicted octanol–water partition coefficient (Wildman–Crippen LogP) is -3.55. The molecule has 10 atom stereocenters. The lowest BCUT2D eigenvalue weighted by Crippen LogP contribution is -2.63. The maximum atomic E-state index is 11.1. The largest absolute Gasteiger partial charge is 0.394 e. The average molecular weight is 353 g/mol. The summed E-state index contributed by atoms with van der Waals surface area (Å²) in [6, 6.07) is -1.31. The van der Waals surface area contributed by atoms with Crippen molar-refractivity contribution in [3.05, 3.63) is 4.91 Å². The summed E-state index contributed by atoms with van der Waals surface area (Å²) in [6.07, 6.45) is -12.0. The standard InChI is InChI=1S/C13H23NO10/c1-4-8(17)7(14-21)12(6(3-16)22-4)24-13-11(20)10(19)9(18)5(2-15)23-13/h4-13,15-20H,2-3H2,1H3. The van der Waals surface area contributed by atoms with Crippen LogP contribution >= 0.6 is 0 Å². The number of nitroso groups, excluding NO2 is 1. The van der Waals surface area contributed by atoms with Gasteiger partial charge < -0.3 is 44.8 Å². The molecular formula is C13H23NO10. The van der Waals surface area contributed by atoms with Crippen LogP contribution in [0.5, 0.6) is 0 Å². The maximum Gasteiger partial charge on any atom is 0.187 e. The van der Waals surface area contributed by atoms with Crippen LogP contribution in [-0.2, 0) is 14.2 Å². The molecule has 0 aliphatic carbocycles. The molecule has 6 N–H and O–H groups in total. The molecule has 0 radical (unpaired) electrons. The topological polar surface area (TPSA) is 178 Å². The molecule has 0 spiro atoms. The van der Waals surface area contributed by atoms with E-state index in [0.29, 0.717) is 0 Å². The smallest absolute Gasteiger partial charge is 0.187 e. The Bertz CT molecular complexity index is 424. The lowest BCUT2D eigenvalue weighted by Gasteiger charge is -2.45. The Labute approximate surface area is 137 Å². The monoisotopic (exact) mass is 353 g/mol. The molecule has 11 nitrogen and oxygen atoms in total. The first-order chi connectivity index (χ1) is 11.3.